The van der Waals surface area contributed by atoms with E-state index in [1.807, 2.05) is 42.5 Å². The first-order chi connectivity index (χ1) is 13.2. The molecule has 138 valence electrons. The molecule has 0 radical (unpaired) electrons. The SMILES string of the molecule is CC1CCN(c2nnc(C(=O)NCc3ccccn3)c3ccccc23)CC1. The van der Waals surface area contributed by atoms with E-state index in [2.05, 4.69) is 32.3 Å². The van der Waals surface area contributed by atoms with Crippen molar-refractivity contribution in [3.63, 3.8) is 0 Å². The average Bonchev–Trinajstić information content (AvgIpc) is 2.73. The predicted octanol–water partition coefficient (Wildman–Crippen LogP) is 3.19. The number of aromatic nitrogens is 3. The highest BCUT2D eigenvalue weighted by Crippen LogP contribution is 2.29. The van der Waals surface area contributed by atoms with Gasteiger partial charge in [0.25, 0.3) is 5.91 Å². The molecule has 3 aromatic rings. The molecule has 0 unspecified atom stereocenters. The van der Waals surface area contributed by atoms with Gasteiger partial charge >= 0.3 is 0 Å². The fourth-order valence-electron chi connectivity index (χ4n) is 3.47. The van der Waals surface area contributed by atoms with Crippen molar-refractivity contribution in [3.8, 4) is 0 Å². The fourth-order valence-corrected chi connectivity index (χ4v) is 3.47. The molecule has 0 saturated carbocycles. The van der Waals surface area contributed by atoms with Crippen LogP contribution in [-0.4, -0.2) is 34.2 Å². The molecule has 0 spiro atoms. The summed E-state index contributed by atoms with van der Waals surface area (Å²) in [7, 11) is 0. The normalized spacial score (nSPS) is 15.1. The number of amides is 1. The van der Waals surface area contributed by atoms with Gasteiger partial charge in [-0.1, -0.05) is 37.3 Å². The molecule has 27 heavy (non-hydrogen) atoms. The number of nitrogens with one attached hydrogen (secondary N) is 1. The molecular formula is C21H23N5O. The highest BCUT2D eigenvalue weighted by atomic mass is 16.1. The molecule has 2 aromatic heterocycles. The second-order valence-corrected chi connectivity index (χ2v) is 7.09. The highest BCUT2D eigenvalue weighted by Gasteiger charge is 2.22. The number of hydrogen-bond donors (Lipinski definition) is 1. The lowest BCUT2D eigenvalue weighted by Gasteiger charge is -2.31. The van der Waals surface area contributed by atoms with Crippen molar-refractivity contribution in [3.05, 3.63) is 60.0 Å². The summed E-state index contributed by atoms with van der Waals surface area (Å²) >= 11 is 0. The van der Waals surface area contributed by atoms with Crippen LogP contribution in [0.3, 0.4) is 0 Å². The number of nitrogens with zero attached hydrogens (tertiary/aromatic N) is 4. The van der Waals surface area contributed by atoms with Crippen molar-refractivity contribution >= 4 is 22.5 Å². The molecule has 1 aliphatic heterocycles. The monoisotopic (exact) mass is 361 g/mol. The lowest BCUT2D eigenvalue weighted by molar-refractivity contribution is 0.0946. The second-order valence-electron chi connectivity index (χ2n) is 7.09. The molecule has 0 bridgehead atoms. The number of anilines is 1. The maximum atomic E-state index is 12.7. The predicted molar refractivity (Wildman–Crippen MR) is 106 cm³/mol. The molecule has 4 rings (SSSR count). The van der Waals surface area contributed by atoms with Crippen LogP contribution >= 0.6 is 0 Å². The number of rotatable bonds is 4. The molecule has 1 N–H and O–H groups in total. The molecule has 0 atom stereocenters. The number of carbonyl (C=O) groups is 1. The van der Waals surface area contributed by atoms with Gasteiger partial charge in [0.05, 0.1) is 12.2 Å². The molecule has 1 aliphatic rings. The minimum absolute atomic E-state index is 0.233. The van der Waals surface area contributed by atoms with E-state index < -0.39 is 0 Å². The summed E-state index contributed by atoms with van der Waals surface area (Å²) in [5, 5.41) is 13.4. The number of benzene rings is 1. The van der Waals surface area contributed by atoms with E-state index in [1.165, 1.54) is 0 Å². The van der Waals surface area contributed by atoms with Crippen molar-refractivity contribution in [2.45, 2.75) is 26.3 Å². The number of carbonyl (C=O) groups excluding carboxylic acids is 1. The van der Waals surface area contributed by atoms with Gasteiger partial charge in [0, 0.05) is 30.1 Å². The van der Waals surface area contributed by atoms with Gasteiger partial charge in [-0.2, -0.15) is 0 Å². The van der Waals surface area contributed by atoms with Crippen LogP contribution in [0.25, 0.3) is 10.8 Å². The quantitative estimate of drug-likeness (QED) is 0.773. The van der Waals surface area contributed by atoms with Crippen LogP contribution in [0.15, 0.2) is 48.7 Å². The van der Waals surface area contributed by atoms with Crippen LogP contribution in [0.2, 0.25) is 0 Å². The minimum atomic E-state index is -0.233. The highest BCUT2D eigenvalue weighted by molar-refractivity contribution is 6.07. The first-order valence-corrected chi connectivity index (χ1v) is 9.41. The second kappa shape index (κ2) is 7.70. The van der Waals surface area contributed by atoms with Crippen LogP contribution in [0.4, 0.5) is 5.82 Å². The Hall–Kier alpha value is -3.02. The summed E-state index contributed by atoms with van der Waals surface area (Å²) in [5.74, 6) is 1.39. The molecule has 6 nitrogen and oxygen atoms in total. The summed E-state index contributed by atoms with van der Waals surface area (Å²) in [6.07, 6.45) is 4.02. The van der Waals surface area contributed by atoms with E-state index in [0.29, 0.717) is 12.2 Å². The van der Waals surface area contributed by atoms with Gasteiger partial charge in [0.2, 0.25) is 0 Å². The average molecular weight is 361 g/mol. The lowest BCUT2D eigenvalue weighted by Crippen LogP contribution is -2.34. The van der Waals surface area contributed by atoms with Gasteiger partial charge in [0.1, 0.15) is 0 Å². The topological polar surface area (TPSA) is 71.0 Å². The Balaban J connectivity index is 1.60. The summed E-state index contributed by atoms with van der Waals surface area (Å²) < 4.78 is 0. The smallest absolute Gasteiger partial charge is 0.272 e. The first-order valence-electron chi connectivity index (χ1n) is 9.41. The van der Waals surface area contributed by atoms with E-state index in [9.17, 15) is 4.79 Å². The molecule has 1 aromatic carbocycles. The van der Waals surface area contributed by atoms with Gasteiger partial charge in [-0.05, 0) is 30.9 Å². The Bertz CT molecular complexity index is 936. The maximum absolute atomic E-state index is 12.7. The lowest BCUT2D eigenvalue weighted by atomic mass is 9.99. The zero-order chi connectivity index (χ0) is 18.6. The minimum Gasteiger partial charge on any atom is -0.355 e. The summed E-state index contributed by atoms with van der Waals surface area (Å²) in [6, 6.07) is 13.5. The molecule has 6 heteroatoms. The third-order valence-electron chi connectivity index (χ3n) is 5.12. The van der Waals surface area contributed by atoms with Crippen LogP contribution in [-0.2, 0) is 6.54 Å². The van der Waals surface area contributed by atoms with Gasteiger partial charge < -0.3 is 10.2 Å². The summed E-state index contributed by atoms with van der Waals surface area (Å²) in [5.41, 5.74) is 1.16. The number of hydrogen-bond acceptors (Lipinski definition) is 5. The van der Waals surface area contributed by atoms with Crippen molar-refractivity contribution in [1.29, 1.82) is 0 Å². The van der Waals surface area contributed by atoms with E-state index >= 15 is 0 Å². The molecule has 1 saturated heterocycles. The maximum Gasteiger partial charge on any atom is 0.272 e. The zero-order valence-electron chi connectivity index (χ0n) is 15.4. The van der Waals surface area contributed by atoms with Crippen LogP contribution in [0, 0.1) is 5.92 Å². The molecule has 3 heterocycles. The Labute approximate surface area is 158 Å². The van der Waals surface area contributed by atoms with Crippen molar-refractivity contribution in [1.82, 2.24) is 20.5 Å². The molecular weight excluding hydrogens is 338 g/mol. The van der Waals surface area contributed by atoms with Crippen molar-refractivity contribution in [2.24, 2.45) is 5.92 Å². The van der Waals surface area contributed by atoms with E-state index in [1.54, 1.807) is 6.20 Å². The third-order valence-corrected chi connectivity index (χ3v) is 5.12. The van der Waals surface area contributed by atoms with Crippen molar-refractivity contribution < 1.29 is 4.79 Å². The van der Waals surface area contributed by atoms with Crippen LogP contribution < -0.4 is 10.2 Å². The number of piperidine rings is 1. The Morgan fingerprint density at radius 1 is 1.07 bits per heavy atom. The largest absolute Gasteiger partial charge is 0.355 e. The Kier molecular flexibility index (Phi) is 4.96. The zero-order valence-corrected chi connectivity index (χ0v) is 15.4. The van der Waals surface area contributed by atoms with Crippen LogP contribution in [0.5, 0.6) is 0 Å². The number of pyridine rings is 1. The van der Waals surface area contributed by atoms with E-state index in [4.69, 9.17) is 0 Å². The molecule has 1 fully saturated rings. The summed E-state index contributed by atoms with van der Waals surface area (Å²) in [6.45, 7) is 4.60. The third kappa shape index (κ3) is 3.74. The van der Waals surface area contributed by atoms with Gasteiger partial charge in [-0.25, -0.2) is 0 Å². The molecule has 0 aliphatic carbocycles. The molecule has 1 amide bonds. The van der Waals surface area contributed by atoms with E-state index in [0.717, 1.165) is 54.1 Å². The van der Waals surface area contributed by atoms with Crippen molar-refractivity contribution in [2.75, 3.05) is 18.0 Å². The summed E-state index contributed by atoms with van der Waals surface area (Å²) in [4.78, 5) is 19.2. The van der Waals surface area contributed by atoms with Gasteiger partial charge in [-0.3, -0.25) is 9.78 Å². The van der Waals surface area contributed by atoms with Crippen LogP contribution in [0.1, 0.15) is 35.9 Å². The van der Waals surface area contributed by atoms with Gasteiger partial charge in [0.15, 0.2) is 11.5 Å². The standard InChI is InChI=1S/C21H23N5O/c1-15-9-12-26(13-10-15)20-18-8-3-2-7-17(18)19(24-25-20)21(27)23-14-16-6-4-5-11-22-16/h2-8,11,15H,9-10,12-14H2,1H3,(H,23,27). The number of fused-ring (bicyclic) bond motifs is 1. The van der Waals surface area contributed by atoms with E-state index in [-0.39, 0.29) is 5.91 Å². The Morgan fingerprint density at radius 3 is 2.56 bits per heavy atom. The fraction of sp³-hybridized carbons (Fsp3) is 0.333. The first kappa shape index (κ1) is 17.4. The van der Waals surface area contributed by atoms with Gasteiger partial charge in [-0.15, -0.1) is 10.2 Å². The Morgan fingerprint density at radius 2 is 1.81 bits per heavy atom.